The fraction of sp³-hybridized carbons (Fsp3) is 0.333. The third-order valence-corrected chi connectivity index (χ3v) is 3.38. The van der Waals surface area contributed by atoms with Crippen molar-refractivity contribution in [3.8, 4) is 0 Å². The minimum absolute atomic E-state index is 0.268. The zero-order valence-corrected chi connectivity index (χ0v) is 12.8. The van der Waals surface area contributed by atoms with E-state index in [-0.39, 0.29) is 11.2 Å². The summed E-state index contributed by atoms with van der Waals surface area (Å²) in [6, 6.07) is 7.92. The lowest BCUT2D eigenvalue weighted by atomic mass is 10.2. The summed E-state index contributed by atoms with van der Waals surface area (Å²) in [5.74, 6) is 0. The molecule has 0 atom stereocenters. The van der Waals surface area contributed by atoms with Gasteiger partial charge in [0.2, 0.25) is 0 Å². The highest BCUT2D eigenvalue weighted by Crippen LogP contribution is 2.15. The molecule has 0 aliphatic rings. The third kappa shape index (κ3) is 3.16. The van der Waals surface area contributed by atoms with Crippen LogP contribution in [0.4, 0.5) is 11.4 Å². The predicted molar refractivity (Wildman–Crippen MR) is 85.0 cm³/mol. The molecular weight excluding hydrogens is 268 g/mol. The van der Waals surface area contributed by atoms with E-state index in [1.54, 1.807) is 13.2 Å². The van der Waals surface area contributed by atoms with Crippen molar-refractivity contribution in [2.45, 2.75) is 6.54 Å². The Morgan fingerprint density at radius 1 is 1.10 bits per heavy atom. The van der Waals surface area contributed by atoms with Crippen molar-refractivity contribution in [2.75, 3.05) is 24.3 Å². The summed E-state index contributed by atoms with van der Waals surface area (Å²) in [6.45, 7) is 0.377. The highest BCUT2D eigenvalue weighted by molar-refractivity contribution is 5.54. The number of nitrogens with zero attached hydrogens (tertiary/aromatic N) is 3. The summed E-state index contributed by atoms with van der Waals surface area (Å²) in [4.78, 5) is 25.6. The van der Waals surface area contributed by atoms with E-state index in [0.717, 1.165) is 15.9 Å². The second kappa shape index (κ2) is 5.87. The molecule has 0 aliphatic heterocycles. The molecule has 0 saturated carbocycles. The molecule has 0 bridgehead atoms. The SMILES string of the molecule is CN(C)c1ccc(NCc2cn(C)c(=O)n(C)c2=O)cc1. The minimum Gasteiger partial charge on any atom is -0.381 e. The lowest BCUT2D eigenvalue weighted by Crippen LogP contribution is -2.38. The van der Waals surface area contributed by atoms with Gasteiger partial charge in [0.15, 0.2) is 0 Å². The van der Waals surface area contributed by atoms with E-state index in [1.165, 1.54) is 11.6 Å². The first-order valence-electron chi connectivity index (χ1n) is 6.67. The van der Waals surface area contributed by atoms with Crippen LogP contribution in [0.2, 0.25) is 0 Å². The summed E-state index contributed by atoms with van der Waals surface area (Å²) >= 11 is 0. The zero-order chi connectivity index (χ0) is 15.6. The average Bonchev–Trinajstić information content (AvgIpc) is 2.48. The summed E-state index contributed by atoms with van der Waals surface area (Å²) < 4.78 is 2.53. The molecule has 1 aromatic heterocycles. The molecule has 6 heteroatoms. The van der Waals surface area contributed by atoms with Gasteiger partial charge in [0.25, 0.3) is 5.56 Å². The Bertz CT molecular complexity index is 742. The molecule has 0 fully saturated rings. The van der Waals surface area contributed by atoms with Crippen LogP contribution in [-0.4, -0.2) is 23.2 Å². The van der Waals surface area contributed by atoms with Crippen molar-refractivity contribution in [3.05, 3.63) is 56.9 Å². The van der Waals surface area contributed by atoms with E-state index in [1.807, 2.05) is 43.3 Å². The summed E-state index contributed by atoms with van der Waals surface area (Å²) in [7, 11) is 7.09. The van der Waals surface area contributed by atoms with Gasteiger partial charge in [0.05, 0.1) is 5.56 Å². The van der Waals surface area contributed by atoms with Crippen molar-refractivity contribution in [3.63, 3.8) is 0 Å². The second-order valence-electron chi connectivity index (χ2n) is 5.21. The van der Waals surface area contributed by atoms with Crippen molar-refractivity contribution >= 4 is 11.4 Å². The van der Waals surface area contributed by atoms with Crippen molar-refractivity contribution in [1.29, 1.82) is 0 Å². The fourth-order valence-corrected chi connectivity index (χ4v) is 2.08. The molecule has 2 rings (SSSR count). The molecule has 1 heterocycles. The fourth-order valence-electron chi connectivity index (χ4n) is 2.08. The first-order valence-corrected chi connectivity index (χ1v) is 6.67. The molecule has 0 radical (unpaired) electrons. The standard InChI is InChI=1S/C15H20N4O2/c1-17(2)13-7-5-12(6-8-13)16-9-11-10-18(3)15(21)19(4)14(11)20/h5-8,10,16H,9H2,1-4H3. The Hall–Kier alpha value is -2.50. The predicted octanol–water partition coefficient (Wildman–Crippen LogP) is 0.762. The van der Waals surface area contributed by atoms with Gasteiger partial charge in [0.1, 0.15) is 0 Å². The van der Waals surface area contributed by atoms with E-state index < -0.39 is 0 Å². The molecule has 0 aliphatic carbocycles. The highest BCUT2D eigenvalue weighted by atomic mass is 16.2. The molecule has 112 valence electrons. The van der Waals surface area contributed by atoms with Crippen LogP contribution in [0, 0.1) is 0 Å². The van der Waals surface area contributed by atoms with Crippen molar-refractivity contribution in [2.24, 2.45) is 14.1 Å². The molecular formula is C15H20N4O2. The molecule has 0 spiro atoms. The van der Waals surface area contributed by atoms with Crippen LogP contribution in [0.5, 0.6) is 0 Å². The smallest absolute Gasteiger partial charge is 0.330 e. The van der Waals surface area contributed by atoms with E-state index in [9.17, 15) is 9.59 Å². The summed E-state index contributed by atoms with van der Waals surface area (Å²) in [6.07, 6.45) is 1.58. The van der Waals surface area contributed by atoms with Crippen LogP contribution in [-0.2, 0) is 20.6 Å². The van der Waals surface area contributed by atoms with Crippen LogP contribution < -0.4 is 21.5 Å². The zero-order valence-electron chi connectivity index (χ0n) is 12.8. The Morgan fingerprint density at radius 2 is 1.71 bits per heavy atom. The minimum atomic E-state index is -0.320. The van der Waals surface area contributed by atoms with Gasteiger partial charge < -0.3 is 14.8 Å². The topological polar surface area (TPSA) is 59.3 Å². The van der Waals surface area contributed by atoms with Gasteiger partial charge >= 0.3 is 5.69 Å². The van der Waals surface area contributed by atoms with Gasteiger partial charge in [-0.2, -0.15) is 0 Å². The maximum Gasteiger partial charge on any atom is 0.330 e. The highest BCUT2D eigenvalue weighted by Gasteiger charge is 2.06. The van der Waals surface area contributed by atoms with Crippen LogP contribution in [0.1, 0.15) is 5.56 Å². The van der Waals surface area contributed by atoms with Gasteiger partial charge in [-0.15, -0.1) is 0 Å². The van der Waals surface area contributed by atoms with Crippen LogP contribution >= 0.6 is 0 Å². The van der Waals surface area contributed by atoms with E-state index in [0.29, 0.717) is 12.1 Å². The Kier molecular flexibility index (Phi) is 4.16. The molecule has 0 unspecified atom stereocenters. The van der Waals surface area contributed by atoms with Gasteiger partial charge in [-0.25, -0.2) is 4.79 Å². The van der Waals surface area contributed by atoms with E-state index >= 15 is 0 Å². The Morgan fingerprint density at radius 3 is 2.29 bits per heavy atom. The Balaban J connectivity index is 2.17. The maximum atomic E-state index is 12.0. The lowest BCUT2D eigenvalue weighted by molar-refractivity contribution is 0.671. The first-order chi connectivity index (χ1) is 9.90. The third-order valence-electron chi connectivity index (χ3n) is 3.38. The molecule has 1 aromatic carbocycles. The summed E-state index contributed by atoms with van der Waals surface area (Å²) in [5, 5.41) is 3.19. The van der Waals surface area contributed by atoms with Gasteiger partial charge in [0, 0.05) is 52.3 Å². The van der Waals surface area contributed by atoms with Gasteiger partial charge in [-0.05, 0) is 24.3 Å². The number of nitrogens with one attached hydrogen (secondary N) is 1. The van der Waals surface area contributed by atoms with Crippen LogP contribution in [0.15, 0.2) is 40.1 Å². The quantitative estimate of drug-likeness (QED) is 0.902. The van der Waals surface area contributed by atoms with Gasteiger partial charge in [-0.1, -0.05) is 0 Å². The molecule has 0 amide bonds. The average molecular weight is 288 g/mol. The largest absolute Gasteiger partial charge is 0.381 e. The molecule has 0 saturated heterocycles. The van der Waals surface area contributed by atoms with Crippen LogP contribution in [0.25, 0.3) is 0 Å². The molecule has 21 heavy (non-hydrogen) atoms. The van der Waals surface area contributed by atoms with E-state index in [4.69, 9.17) is 0 Å². The number of benzene rings is 1. The maximum absolute atomic E-state index is 12.0. The summed E-state index contributed by atoms with van der Waals surface area (Å²) in [5.41, 5.74) is 2.00. The lowest BCUT2D eigenvalue weighted by Gasteiger charge is -2.13. The number of hydrogen-bond acceptors (Lipinski definition) is 4. The number of aryl methyl sites for hydroxylation is 1. The van der Waals surface area contributed by atoms with Crippen molar-refractivity contribution in [1.82, 2.24) is 9.13 Å². The second-order valence-corrected chi connectivity index (χ2v) is 5.21. The molecule has 6 nitrogen and oxygen atoms in total. The molecule has 2 aromatic rings. The van der Waals surface area contributed by atoms with Crippen LogP contribution in [0.3, 0.4) is 0 Å². The first kappa shape index (κ1) is 14.9. The van der Waals surface area contributed by atoms with Gasteiger partial charge in [-0.3, -0.25) is 9.36 Å². The monoisotopic (exact) mass is 288 g/mol. The normalized spacial score (nSPS) is 10.5. The number of aromatic nitrogens is 2. The van der Waals surface area contributed by atoms with E-state index in [2.05, 4.69) is 5.32 Å². The van der Waals surface area contributed by atoms with Crippen molar-refractivity contribution < 1.29 is 0 Å². The number of rotatable bonds is 4. The number of anilines is 2. The Labute approximate surface area is 123 Å². The molecule has 1 N–H and O–H groups in total. The number of hydrogen-bond donors (Lipinski definition) is 1.